The van der Waals surface area contributed by atoms with Gasteiger partial charge in [-0.3, -0.25) is 4.79 Å². The number of amides is 3. The van der Waals surface area contributed by atoms with E-state index in [4.69, 9.17) is 4.52 Å². The number of aromatic nitrogens is 2. The monoisotopic (exact) mass is 369 g/mol. The van der Waals surface area contributed by atoms with Crippen LogP contribution < -0.4 is 5.32 Å². The summed E-state index contributed by atoms with van der Waals surface area (Å²) in [6, 6.07) is 7.23. The third kappa shape index (κ3) is 3.27. The molecule has 0 spiro atoms. The number of carbonyl (C=O) groups is 2. The molecule has 3 aliphatic rings. The number of rotatable bonds is 3. The maximum Gasteiger partial charge on any atom is 0.321 e. The number of hydrogen-bond acceptors (Lipinski definition) is 5. The number of carbonyl (C=O) groups excluding carboxylic acids is 2. The number of anilines is 1. The Morgan fingerprint density at radius 2 is 2.11 bits per heavy atom. The number of nitrogens with one attached hydrogen (secondary N) is 1. The highest BCUT2D eigenvalue weighted by Crippen LogP contribution is 2.30. The van der Waals surface area contributed by atoms with E-state index in [1.807, 2.05) is 38.2 Å². The fraction of sp³-hybridized carbons (Fsp3) is 0.474. The van der Waals surface area contributed by atoms with Crippen LogP contribution in [0.4, 0.5) is 10.5 Å². The minimum absolute atomic E-state index is 0.0836. The molecule has 2 aromatic rings. The van der Waals surface area contributed by atoms with Crippen LogP contribution in [0.3, 0.4) is 0 Å². The van der Waals surface area contributed by atoms with Crippen molar-refractivity contribution in [2.75, 3.05) is 25.5 Å². The first-order valence-corrected chi connectivity index (χ1v) is 9.31. The number of nitrogens with zero attached hydrogens (tertiary/aromatic N) is 4. The molecule has 27 heavy (non-hydrogen) atoms. The second-order valence-electron chi connectivity index (χ2n) is 7.13. The topological polar surface area (TPSA) is 91.6 Å². The lowest BCUT2D eigenvalue weighted by molar-refractivity contribution is -0.138. The molecule has 1 N–H and O–H groups in total. The zero-order valence-electron chi connectivity index (χ0n) is 15.5. The van der Waals surface area contributed by atoms with Crippen molar-refractivity contribution in [3.63, 3.8) is 0 Å². The van der Waals surface area contributed by atoms with Gasteiger partial charge in [-0.1, -0.05) is 24.2 Å². The molecule has 4 heterocycles. The summed E-state index contributed by atoms with van der Waals surface area (Å²) < 4.78 is 5.32. The Balaban J connectivity index is 1.54. The van der Waals surface area contributed by atoms with Gasteiger partial charge in [0.05, 0.1) is 17.2 Å². The molecule has 0 radical (unpaired) electrons. The fourth-order valence-electron chi connectivity index (χ4n) is 3.80. The molecule has 5 rings (SSSR count). The summed E-state index contributed by atoms with van der Waals surface area (Å²) in [7, 11) is 1.83. The van der Waals surface area contributed by atoms with Crippen molar-refractivity contribution in [1.82, 2.24) is 19.9 Å². The third-order valence-corrected chi connectivity index (χ3v) is 5.44. The molecule has 3 aliphatic heterocycles. The first kappa shape index (κ1) is 17.5. The van der Waals surface area contributed by atoms with Crippen molar-refractivity contribution in [3.05, 3.63) is 30.1 Å². The lowest BCUT2D eigenvalue weighted by Crippen LogP contribution is -2.45. The smallest absolute Gasteiger partial charge is 0.321 e. The van der Waals surface area contributed by atoms with E-state index in [-0.39, 0.29) is 23.9 Å². The molecule has 3 amide bonds. The number of benzene rings is 1. The fourth-order valence-corrected chi connectivity index (χ4v) is 3.80. The lowest BCUT2D eigenvalue weighted by Gasteiger charge is -2.32. The standard InChI is InChI=1S/C19H23N5O3/c1-3-16-21-17(27-22-16)14-6-4-5-7-15(14)20-19(26)24-10-12-8-9-13(11-24)23(2)18(12)25/h4-7,12-13H,3,8-11H2,1-2H3,(H,20,26)/t12-,13+/m1/s1. The van der Waals surface area contributed by atoms with Gasteiger partial charge in [-0.2, -0.15) is 4.98 Å². The Kier molecular flexibility index (Phi) is 4.55. The molecule has 1 aromatic carbocycles. The van der Waals surface area contributed by atoms with E-state index in [2.05, 4.69) is 15.5 Å². The van der Waals surface area contributed by atoms with Crippen LogP contribution in [0, 0.1) is 5.92 Å². The molecule has 8 heteroatoms. The molecule has 0 unspecified atom stereocenters. The molecule has 0 saturated carbocycles. The minimum atomic E-state index is -0.210. The Bertz CT molecular complexity index is 865. The predicted octanol–water partition coefficient (Wildman–Crippen LogP) is 2.38. The summed E-state index contributed by atoms with van der Waals surface area (Å²) in [5.74, 6) is 1.03. The normalized spacial score (nSPS) is 22.1. The van der Waals surface area contributed by atoms with Crippen LogP contribution in [-0.4, -0.2) is 58.1 Å². The number of fused-ring (bicyclic) bond motifs is 4. The van der Waals surface area contributed by atoms with Gasteiger partial charge in [-0.25, -0.2) is 4.79 Å². The van der Waals surface area contributed by atoms with Gasteiger partial charge in [-0.05, 0) is 25.0 Å². The first-order chi connectivity index (χ1) is 13.1. The van der Waals surface area contributed by atoms with Crippen LogP contribution in [-0.2, 0) is 11.2 Å². The molecule has 3 saturated heterocycles. The summed E-state index contributed by atoms with van der Waals surface area (Å²) in [5.41, 5.74) is 1.30. The van der Waals surface area contributed by atoms with Gasteiger partial charge in [0, 0.05) is 32.6 Å². The highest BCUT2D eigenvalue weighted by Gasteiger charge is 2.40. The van der Waals surface area contributed by atoms with E-state index in [9.17, 15) is 9.59 Å². The zero-order chi connectivity index (χ0) is 19.0. The lowest BCUT2D eigenvalue weighted by atomic mass is 9.95. The number of piperidine rings is 1. The summed E-state index contributed by atoms with van der Waals surface area (Å²) >= 11 is 0. The van der Waals surface area contributed by atoms with E-state index >= 15 is 0 Å². The Hall–Kier alpha value is -2.90. The Morgan fingerprint density at radius 1 is 1.30 bits per heavy atom. The molecule has 0 aliphatic carbocycles. The van der Waals surface area contributed by atoms with Crippen molar-refractivity contribution in [2.45, 2.75) is 32.2 Å². The maximum absolute atomic E-state index is 12.9. The van der Waals surface area contributed by atoms with Gasteiger partial charge in [0.25, 0.3) is 5.89 Å². The first-order valence-electron chi connectivity index (χ1n) is 9.31. The van der Waals surface area contributed by atoms with Crippen molar-refractivity contribution in [1.29, 1.82) is 0 Å². The van der Waals surface area contributed by atoms with Crippen LogP contribution in [0.25, 0.3) is 11.5 Å². The number of aryl methyl sites for hydroxylation is 1. The molecular formula is C19H23N5O3. The molecule has 142 valence electrons. The van der Waals surface area contributed by atoms with Gasteiger partial charge in [-0.15, -0.1) is 0 Å². The summed E-state index contributed by atoms with van der Waals surface area (Å²) in [4.78, 5) is 33.1. The molecule has 8 nitrogen and oxygen atoms in total. The van der Waals surface area contributed by atoms with Crippen molar-refractivity contribution >= 4 is 17.6 Å². The van der Waals surface area contributed by atoms with E-state index in [0.717, 1.165) is 12.8 Å². The predicted molar refractivity (Wildman–Crippen MR) is 99.0 cm³/mol. The van der Waals surface area contributed by atoms with Gasteiger partial charge >= 0.3 is 6.03 Å². The van der Waals surface area contributed by atoms with Crippen molar-refractivity contribution in [3.8, 4) is 11.5 Å². The SMILES string of the molecule is CCc1noc(-c2ccccc2NC(=O)N2C[C@H]3CC[C@@H](C2)N(C)C3=O)n1. The Labute approximate surface area is 157 Å². The maximum atomic E-state index is 12.9. The van der Waals surface area contributed by atoms with Gasteiger partial charge in [0.1, 0.15) is 0 Å². The largest absolute Gasteiger partial charge is 0.341 e. The van der Waals surface area contributed by atoms with Gasteiger partial charge < -0.3 is 19.6 Å². The van der Waals surface area contributed by atoms with E-state index < -0.39 is 0 Å². The second-order valence-corrected chi connectivity index (χ2v) is 7.13. The molecule has 2 atom stereocenters. The zero-order valence-corrected chi connectivity index (χ0v) is 15.5. The van der Waals surface area contributed by atoms with Crippen LogP contribution in [0.15, 0.2) is 28.8 Å². The second kappa shape index (κ2) is 7.02. The van der Waals surface area contributed by atoms with Crippen LogP contribution >= 0.6 is 0 Å². The Morgan fingerprint density at radius 3 is 2.89 bits per heavy atom. The highest BCUT2D eigenvalue weighted by molar-refractivity contribution is 5.94. The summed E-state index contributed by atoms with van der Waals surface area (Å²) in [6.07, 6.45) is 2.46. The summed E-state index contributed by atoms with van der Waals surface area (Å²) in [5, 5.41) is 6.89. The van der Waals surface area contributed by atoms with Crippen LogP contribution in [0.2, 0.25) is 0 Å². The molecule has 1 aromatic heterocycles. The number of hydrogen-bond donors (Lipinski definition) is 1. The van der Waals surface area contributed by atoms with E-state index in [1.54, 1.807) is 9.80 Å². The molecule has 2 bridgehead atoms. The average molecular weight is 369 g/mol. The quantitative estimate of drug-likeness (QED) is 0.897. The molecular weight excluding hydrogens is 346 g/mol. The minimum Gasteiger partial charge on any atom is -0.341 e. The average Bonchev–Trinajstić information content (AvgIpc) is 3.00. The van der Waals surface area contributed by atoms with Crippen LogP contribution in [0.5, 0.6) is 0 Å². The van der Waals surface area contributed by atoms with Crippen LogP contribution in [0.1, 0.15) is 25.6 Å². The highest BCUT2D eigenvalue weighted by atomic mass is 16.5. The number of likely N-dealkylation sites (N-methyl/N-ethyl adjacent to an activating group) is 1. The number of urea groups is 1. The number of para-hydroxylation sites is 1. The van der Waals surface area contributed by atoms with Gasteiger partial charge in [0.2, 0.25) is 5.91 Å². The molecule has 3 fully saturated rings. The summed E-state index contributed by atoms with van der Waals surface area (Å²) in [6.45, 7) is 2.95. The van der Waals surface area contributed by atoms with Crippen molar-refractivity contribution < 1.29 is 14.1 Å². The van der Waals surface area contributed by atoms with Gasteiger partial charge in [0.15, 0.2) is 5.82 Å². The van der Waals surface area contributed by atoms with E-state index in [1.165, 1.54) is 0 Å². The van der Waals surface area contributed by atoms with Crippen molar-refractivity contribution in [2.24, 2.45) is 5.92 Å². The third-order valence-electron chi connectivity index (χ3n) is 5.44. The van der Waals surface area contributed by atoms with E-state index in [0.29, 0.717) is 42.5 Å².